The first-order chi connectivity index (χ1) is 19.9. The van der Waals surface area contributed by atoms with Gasteiger partial charge in [-0.15, -0.1) is 0 Å². The fourth-order valence-electron chi connectivity index (χ4n) is 5.57. The van der Waals surface area contributed by atoms with Crippen LogP contribution in [-0.4, -0.2) is 40.4 Å². The number of anilines is 2. The molecule has 1 aromatic heterocycles. The number of carbonyl (C=O) groups is 1. The lowest BCUT2D eigenvalue weighted by atomic mass is 9.84. The Morgan fingerprint density at radius 2 is 1.41 bits per heavy atom. The van der Waals surface area contributed by atoms with Crippen LogP contribution >= 0.6 is 23.2 Å². The molecule has 2 heterocycles. The van der Waals surface area contributed by atoms with Gasteiger partial charge in [-0.25, -0.2) is 4.79 Å². The molecular formula is C33H28Cl2N4O2. The number of halogens is 2. The Bertz CT molecular complexity index is 1620. The van der Waals surface area contributed by atoms with Crippen molar-refractivity contribution in [2.45, 2.75) is 24.8 Å². The van der Waals surface area contributed by atoms with Gasteiger partial charge in [0.2, 0.25) is 0 Å². The predicted molar refractivity (Wildman–Crippen MR) is 166 cm³/mol. The second kappa shape index (κ2) is 11.8. The van der Waals surface area contributed by atoms with Crippen molar-refractivity contribution in [2.75, 3.05) is 23.3 Å². The standard InChI is InChI=1S/C33H28Cl2N4O2/c34-25-8-1-21(2-9-25)32(22-3-10-26(35)11-4-22)24-7-14-30-29(19-24)31(20-36-38-30)37-27-15-17-39(18-16-27)28-12-5-23(6-13-28)33(40)41/h1-14,19-20,27,32H,15-18H2,(H,37,38)(H,40,41). The maximum absolute atomic E-state index is 11.2. The van der Waals surface area contributed by atoms with Gasteiger partial charge in [-0.2, -0.15) is 10.2 Å². The summed E-state index contributed by atoms with van der Waals surface area (Å²) in [5.74, 6) is -0.917. The lowest BCUT2D eigenvalue weighted by Crippen LogP contribution is -2.39. The number of fused-ring (bicyclic) bond motifs is 1. The molecule has 6 nitrogen and oxygen atoms in total. The van der Waals surface area contributed by atoms with E-state index in [1.165, 1.54) is 0 Å². The van der Waals surface area contributed by atoms with Crippen molar-refractivity contribution in [3.05, 3.63) is 129 Å². The molecule has 1 saturated heterocycles. The number of rotatable bonds is 7. The zero-order valence-corrected chi connectivity index (χ0v) is 23.7. The zero-order chi connectivity index (χ0) is 28.3. The number of hydrogen-bond acceptors (Lipinski definition) is 5. The van der Waals surface area contributed by atoms with Crippen LogP contribution in [0.15, 0.2) is 97.2 Å². The van der Waals surface area contributed by atoms with Crippen LogP contribution in [0.2, 0.25) is 10.0 Å². The van der Waals surface area contributed by atoms with Gasteiger partial charge in [-0.3, -0.25) is 0 Å². The molecule has 0 radical (unpaired) electrons. The summed E-state index contributed by atoms with van der Waals surface area (Å²) in [5.41, 5.74) is 6.55. The Morgan fingerprint density at radius 3 is 2.00 bits per heavy atom. The lowest BCUT2D eigenvalue weighted by molar-refractivity contribution is 0.0697. The van der Waals surface area contributed by atoms with Crippen LogP contribution in [0.1, 0.15) is 45.8 Å². The lowest BCUT2D eigenvalue weighted by Gasteiger charge is -2.34. The highest BCUT2D eigenvalue weighted by Gasteiger charge is 2.22. The topological polar surface area (TPSA) is 78.4 Å². The Hall–Kier alpha value is -4.13. The molecule has 5 aromatic rings. The van der Waals surface area contributed by atoms with E-state index in [1.54, 1.807) is 12.1 Å². The van der Waals surface area contributed by atoms with Gasteiger partial charge in [0, 0.05) is 46.2 Å². The summed E-state index contributed by atoms with van der Waals surface area (Å²) in [6.45, 7) is 1.75. The number of nitrogens with zero attached hydrogens (tertiary/aromatic N) is 3. The van der Waals surface area contributed by atoms with Crippen LogP contribution in [0.5, 0.6) is 0 Å². The number of piperidine rings is 1. The molecule has 2 N–H and O–H groups in total. The van der Waals surface area contributed by atoms with E-state index in [1.807, 2.05) is 48.7 Å². The summed E-state index contributed by atoms with van der Waals surface area (Å²) in [6, 6.07) is 29.7. The highest BCUT2D eigenvalue weighted by atomic mass is 35.5. The average Bonchev–Trinajstić information content (AvgIpc) is 3.00. The normalized spacial score (nSPS) is 14.0. The van der Waals surface area contributed by atoms with E-state index in [4.69, 9.17) is 23.2 Å². The zero-order valence-electron chi connectivity index (χ0n) is 22.2. The minimum Gasteiger partial charge on any atom is -0.478 e. The van der Waals surface area contributed by atoms with Crippen LogP contribution in [-0.2, 0) is 0 Å². The van der Waals surface area contributed by atoms with Crippen LogP contribution < -0.4 is 10.2 Å². The van der Waals surface area contributed by atoms with Crippen molar-refractivity contribution in [3.63, 3.8) is 0 Å². The molecule has 0 aliphatic carbocycles. The van der Waals surface area contributed by atoms with E-state index in [0.29, 0.717) is 15.6 Å². The number of carboxylic acid groups (broad SMARTS) is 1. The molecule has 206 valence electrons. The minimum atomic E-state index is -0.909. The summed E-state index contributed by atoms with van der Waals surface area (Å²) in [6.07, 6.45) is 3.70. The molecule has 0 atom stereocenters. The molecule has 0 spiro atoms. The van der Waals surface area contributed by atoms with E-state index in [9.17, 15) is 9.90 Å². The Kier molecular flexibility index (Phi) is 7.77. The summed E-state index contributed by atoms with van der Waals surface area (Å²) < 4.78 is 0. The third-order valence-electron chi connectivity index (χ3n) is 7.74. The third-order valence-corrected chi connectivity index (χ3v) is 8.24. The van der Waals surface area contributed by atoms with Crippen LogP contribution in [0, 0.1) is 0 Å². The molecule has 6 rings (SSSR count). The first-order valence-corrected chi connectivity index (χ1v) is 14.3. The highest BCUT2D eigenvalue weighted by molar-refractivity contribution is 6.30. The number of aromatic nitrogens is 2. The molecule has 1 aliphatic rings. The van der Waals surface area contributed by atoms with E-state index in [-0.39, 0.29) is 12.0 Å². The van der Waals surface area contributed by atoms with Crippen LogP contribution in [0.25, 0.3) is 10.9 Å². The van der Waals surface area contributed by atoms with Crippen molar-refractivity contribution in [1.29, 1.82) is 0 Å². The number of benzene rings is 4. The molecule has 8 heteroatoms. The highest BCUT2D eigenvalue weighted by Crippen LogP contribution is 2.36. The van der Waals surface area contributed by atoms with Crippen molar-refractivity contribution >= 4 is 51.4 Å². The van der Waals surface area contributed by atoms with E-state index >= 15 is 0 Å². The first-order valence-electron chi connectivity index (χ1n) is 13.6. The second-order valence-corrected chi connectivity index (χ2v) is 11.2. The minimum absolute atomic E-state index is 0.00861. The van der Waals surface area contributed by atoms with Gasteiger partial charge in [0.05, 0.1) is 23.0 Å². The number of hydrogen-bond donors (Lipinski definition) is 2. The Labute approximate surface area is 248 Å². The Morgan fingerprint density at radius 1 is 0.829 bits per heavy atom. The molecule has 0 bridgehead atoms. The van der Waals surface area contributed by atoms with Gasteiger partial charge in [0.25, 0.3) is 0 Å². The molecule has 0 saturated carbocycles. The molecule has 0 unspecified atom stereocenters. The molecule has 4 aromatic carbocycles. The van der Waals surface area contributed by atoms with E-state index < -0.39 is 5.97 Å². The summed E-state index contributed by atoms with van der Waals surface area (Å²) in [4.78, 5) is 13.5. The van der Waals surface area contributed by atoms with Gasteiger partial charge < -0.3 is 15.3 Å². The second-order valence-electron chi connectivity index (χ2n) is 10.3. The summed E-state index contributed by atoms with van der Waals surface area (Å²) >= 11 is 12.4. The van der Waals surface area contributed by atoms with Gasteiger partial charge in [0.1, 0.15) is 0 Å². The van der Waals surface area contributed by atoms with Crippen LogP contribution in [0.4, 0.5) is 11.4 Å². The predicted octanol–water partition coefficient (Wildman–Crippen LogP) is 7.90. The number of aromatic carboxylic acids is 1. The smallest absolute Gasteiger partial charge is 0.335 e. The van der Waals surface area contributed by atoms with Gasteiger partial charge >= 0.3 is 5.97 Å². The molecule has 0 amide bonds. The van der Waals surface area contributed by atoms with Gasteiger partial charge in [-0.1, -0.05) is 53.5 Å². The van der Waals surface area contributed by atoms with E-state index in [2.05, 4.69) is 56.8 Å². The van der Waals surface area contributed by atoms with Crippen molar-refractivity contribution < 1.29 is 9.90 Å². The maximum Gasteiger partial charge on any atom is 0.335 e. The molecular weight excluding hydrogens is 555 g/mol. The number of nitrogens with one attached hydrogen (secondary N) is 1. The average molecular weight is 584 g/mol. The molecule has 1 aliphatic heterocycles. The van der Waals surface area contributed by atoms with Gasteiger partial charge in [-0.05, 0) is 90.2 Å². The van der Waals surface area contributed by atoms with Crippen molar-refractivity contribution in [3.8, 4) is 0 Å². The quantitative estimate of drug-likeness (QED) is 0.190. The van der Waals surface area contributed by atoms with E-state index in [0.717, 1.165) is 64.9 Å². The molecule has 41 heavy (non-hydrogen) atoms. The fraction of sp³-hybridized carbons (Fsp3) is 0.182. The summed E-state index contributed by atoms with van der Waals surface area (Å²) in [5, 5.41) is 24.0. The van der Waals surface area contributed by atoms with Crippen molar-refractivity contribution in [1.82, 2.24) is 10.2 Å². The first kappa shape index (κ1) is 27.1. The van der Waals surface area contributed by atoms with Crippen LogP contribution in [0.3, 0.4) is 0 Å². The Balaban J connectivity index is 1.25. The monoisotopic (exact) mass is 582 g/mol. The fourth-order valence-corrected chi connectivity index (χ4v) is 5.83. The summed E-state index contributed by atoms with van der Waals surface area (Å²) in [7, 11) is 0. The largest absolute Gasteiger partial charge is 0.478 e. The molecule has 1 fully saturated rings. The third kappa shape index (κ3) is 5.99. The number of carboxylic acids is 1. The SMILES string of the molecule is O=C(O)c1ccc(N2CCC(Nc3cnnc4ccc(C(c5ccc(Cl)cc5)c5ccc(Cl)cc5)cc34)CC2)cc1. The maximum atomic E-state index is 11.2. The van der Waals surface area contributed by atoms with Crippen molar-refractivity contribution in [2.24, 2.45) is 0 Å². The van der Waals surface area contributed by atoms with Gasteiger partial charge in [0.15, 0.2) is 0 Å².